The number of carbonyl (C=O) groups excluding carboxylic acids is 2. The van der Waals surface area contributed by atoms with Gasteiger partial charge in [0.15, 0.2) is 11.2 Å². The predicted molar refractivity (Wildman–Crippen MR) is 131 cm³/mol. The molecule has 1 aromatic heterocycles. The van der Waals surface area contributed by atoms with E-state index in [2.05, 4.69) is 5.32 Å². The smallest absolute Gasteiger partial charge is 0.410 e. The third-order valence-electron chi connectivity index (χ3n) is 5.86. The fourth-order valence-corrected chi connectivity index (χ4v) is 4.11. The Morgan fingerprint density at radius 3 is 2.41 bits per heavy atom. The minimum atomic E-state index is -0.481. The summed E-state index contributed by atoms with van der Waals surface area (Å²) in [7, 11) is 0. The number of likely N-dealkylation sites (tertiary alicyclic amines) is 1. The molecular formula is C27H30N2O5. The molecule has 0 saturated carbocycles. The monoisotopic (exact) mass is 462 g/mol. The van der Waals surface area contributed by atoms with Crippen molar-refractivity contribution in [2.24, 2.45) is 5.92 Å². The van der Waals surface area contributed by atoms with Crippen molar-refractivity contribution in [1.29, 1.82) is 0 Å². The second-order valence-corrected chi connectivity index (χ2v) is 9.74. The lowest BCUT2D eigenvalue weighted by Gasteiger charge is -2.33. The molecule has 1 fully saturated rings. The van der Waals surface area contributed by atoms with Crippen molar-refractivity contribution in [3.63, 3.8) is 0 Å². The average Bonchev–Trinajstić information content (AvgIpc) is 2.79. The lowest BCUT2D eigenvalue weighted by Crippen LogP contribution is -2.42. The highest BCUT2D eigenvalue weighted by molar-refractivity contribution is 6.02. The maximum atomic E-state index is 12.6. The number of carbonyl (C=O) groups is 2. The summed E-state index contributed by atoms with van der Waals surface area (Å²) in [6, 6.07) is 15.8. The van der Waals surface area contributed by atoms with Crippen LogP contribution in [0.2, 0.25) is 0 Å². The summed E-state index contributed by atoms with van der Waals surface area (Å²) in [5.74, 6) is 0.000597. The Hall–Kier alpha value is -3.61. The molecular weight excluding hydrogens is 432 g/mol. The van der Waals surface area contributed by atoms with Crippen molar-refractivity contribution in [3.05, 3.63) is 76.1 Å². The number of para-hydroxylation sites is 1. The highest BCUT2D eigenvalue weighted by Crippen LogP contribution is 2.24. The van der Waals surface area contributed by atoms with Crippen LogP contribution in [0.1, 0.15) is 49.7 Å². The van der Waals surface area contributed by atoms with Gasteiger partial charge in [-0.1, -0.05) is 24.3 Å². The van der Waals surface area contributed by atoms with Crippen LogP contribution in [0, 0.1) is 5.92 Å². The highest BCUT2D eigenvalue weighted by Gasteiger charge is 2.26. The molecule has 3 aromatic rings. The third kappa shape index (κ3) is 5.84. The fourth-order valence-electron chi connectivity index (χ4n) is 4.11. The zero-order chi connectivity index (χ0) is 24.3. The van der Waals surface area contributed by atoms with E-state index in [1.54, 1.807) is 29.2 Å². The molecule has 2 aromatic carbocycles. The predicted octanol–water partition coefficient (Wildman–Crippen LogP) is 5.23. The third-order valence-corrected chi connectivity index (χ3v) is 5.86. The molecule has 0 aliphatic carbocycles. The molecule has 0 spiro atoms. The number of amides is 2. The van der Waals surface area contributed by atoms with E-state index in [1.165, 1.54) is 11.6 Å². The number of hydrogen-bond acceptors (Lipinski definition) is 5. The van der Waals surface area contributed by atoms with Gasteiger partial charge < -0.3 is 19.4 Å². The average molecular weight is 463 g/mol. The summed E-state index contributed by atoms with van der Waals surface area (Å²) >= 11 is 0. The number of ether oxygens (including phenoxy) is 1. The van der Waals surface area contributed by atoms with Crippen LogP contribution in [-0.2, 0) is 11.2 Å². The topological polar surface area (TPSA) is 88.9 Å². The maximum absolute atomic E-state index is 12.6. The van der Waals surface area contributed by atoms with Crippen LogP contribution < -0.4 is 10.7 Å². The van der Waals surface area contributed by atoms with Gasteiger partial charge in [0.25, 0.3) is 5.91 Å². The van der Waals surface area contributed by atoms with Gasteiger partial charge in [-0.3, -0.25) is 9.59 Å². The molecule has 4 rings (SSSR count). The maximum Gasteiger partial charge on any atom is 0.410 e. The van der Waals surface area contributed by atoms with E-state index in [-0.39, 0.29) is 17.3 Å². The second kappa shape index (κ2) is 9.71. The molecule has 0 unspecified atom stereocenters. The molecule has 178 valence electrons. The largest absolute Gasteiger partial charge is 0.451 e. The lowest BCUT2D eigenvalue weighted by molar-refractivity contribution is 0.0184. The Labute approximate surface area is 198 Å². The van der Waals surface area contributed by atoms with Gasteiger partial charge in [-0.15, -0.1) is 0 Å². The number of fused-ring (bicyclic) bond motifs is 1. The van der Waals surface area contributed by atoms with Crippen molar-refractivity contribution >= 4 is 28.7 Å². The molecule has 0 radical (unpaired) electrons. The van der Waals surface area contributed by atoms with Gasteiger partial charge in [0.1, 0.15) is 11.2 Å². The summed E-state index contributed by atoms with van der Waals surface area (Å²) in [4.78, 5) is 38.9. The van der Waals surface area contributed by atoms with Gasteiger partial charge in [-0.05, 0) is 75.8 Å². The minimum Gasteiger partial charge on any atom is -0.451 e. The van der Waals surface area contributed by atoms with Crippen LogP contribution in [-0.4, -0.2) is 35.6 Å². The van der Waals surface area contributed by atoms with E-state index in [4.69, 9.17) is 9.15 Å². The minimum absolute atomic E-state index is 0.0236. The van der Waals surface area contributed by atoms with E-state index in [0.717, 1.165) is 19.3 Å². The van der Waals surface area contributed by atoms with Crippen LogP contribution in [0.25, 0.3) is 11.0 Å². The highest BCUT2D eigenvalue weighted by atomic mass is 16.6. The SMILES string of the molecule is CC(C)(C)OC(=O)N1CCC(Cc2ccc(NC(=O)c3cc(=O)c4ccccc4o3)cc2)CC1. The van der Waals surface area contributed by atoms with Gasteiger partial charge in [0.2, 0.25) is 0 Å². The Kier molecular flexibility index (Phi) is 6.72. The molecule has 2 amide bonds. The molecule has 0 bridgehead atoms. The molecule has 1 N–H and O–H groups in total. The van der Waals surface area contributed by atoms with E-state index in [0.29, 0.717) is 35.7 Å². The number of piperidine rings is 1. The van der Waals surface area contributed by atoms with E-state index in [1.807, 2.05) is 45.0 Å². The number of benzene rings is 2. The van der Waals surface area contributed by atoms with Crippen molar-refractivity contribution in [2.75, 3.05) is 18.4 Å². The summed E-state index contributed by atoms with van der Waals surface area (Å²) in [5.41, 5.74) is 1.45. The van der Waals surface area contributed by atoms with Crippen molar-refractivity contribution < 1.29 is 18.7 Å². The molecule has 1 aliphatic rings. The van der Waals surface area contributed by atoms with Crippen LogP contribution in [0.5, 0.6) is 0 Å². The first-order chi connectivity index (χ1) is 16.2. The fraction of sp³-hybridized carbons (Fsp3) is 0.370. The number of hydrogen-bond donors (Lipinski definition) is 1. The number of nitrogens with zero attached hydrogens (tertiary/aromatic N) is 1. The van der Waals surface area contributed by atoms with Crippen LogP contribution in [0.15, 0.2) is 63.8 Å². The Bertz CT molecular complexity index is 1230. The molecule has 0 atom stereocenters. The molecule has 1 aliphatic heterocycles. The van der Waals surface area contributed by atoms with Gasteiger partial charge in [-0.2, -0.15) is 0 Å². The molecule has 1 saturated heterocycles. The first-order valence-corrected chi connectivity index (χ1v) is 11.6. The van der Waals surface area contributed by atoms with Crippen LogP contribution in [0.3, 0.4) is 0 Å². The summed E-state index contributed by atoms with van der Waals surface area (Å²) in [5, 5.41) is 3.23. The quantitative estimate of drug-likeness (QED) is 0.573. The zero-order valence-electron chi connectivity index (χ0n) is 19.8. The Morgan fingerprint density at radius 1 is 1.06 bits per heavy atom. The lowest BCUT2D eigenvalue weighted by atomic mass is 9.90. The molecule has 7 nitrogen and oxygen atoms in total. The van der Waals surface area contributed by atoms with Crippen molar-refractivity contribution in [2.45, 2.75) is 45.6 Å². The molecule has 34 heavy (non-hydrogen) atoms. The first-order valence-electron chi connectivity index (χ1n) is 11.6. The molecule has 2 heterocycles. The van der Waals surface area contributed by atoms with E-state index in [9.17, 15) is 14.4 Å². The van der Waals surface area contributed by atoms with E-state index >= 15 is 0 Å². The number of rotatable bonds is 4. The van der Waals surface area contributed by atoms with Gasteiger partial charge in [-0.25, -0.2) is 4.79 Å². The number of nitrogens with one attached hydrogen (secondary N) is 1. The molecule has 7 heteroatoms. The van der Waals surface area contributed by atoms with Crippen molar-refractivity contribution in [3.8, 4) is 0 Å². The van der Waals surface area contributed by atoms with Gasteiger partial charge >= 0.3 is 6.09 Å². The van der Waals surface area contributed by atoms with Gasteiger partial charge in [0.05, 0.1) is 5.39 Å². The standard InChI is InChI=1S/C27H30N2O5/c1-27(2,3)34-26(32)29-14-12-19(13-15-29)16-18-8-10-20(11-9-18)28-25(31)24-17-22(30)21-6-4-5-7-23(21)33-24/h4-11,17,19H,12-16H2,1-3H3,(H,28,31). The normalized spacial score (nSPS) is 14.7. The van der Waals surface area contributed by atoms with Gasteiger partial charge in [0, 0.05) is 24.8 Å². The Balaban J connectivity index is 1.31. The number of anilines is 1. The van der Waals surface area contributed by atoms with Crippen LogP contribution in [0.4, 0.5) is 10.5 Å². The van der Waals surface area contributed by atoms with Crippen molar-refractivity contribution in [1.82, 2.24) is 4.90 Å². The second-order valence-electron chi connectivity index (χ2n) is 9.74. The van der Waals surface area contributed by atoms with Crippen LogP contribution >= 0.6 is 0 Å². The summed E-state index contributed by atoms with van der Waals surface area (Å²) in [6.45, 7) is 7.03. The van der Waals surface area contributed by atoms with E-state index < -0.39 is 11.5 Å². The zero-order valence-corrected chi connectivity index (χ0v) is 19.8. The first kappa shape index (κ1) is 23.5. The summed E-state index contributed by atoms with van der Waals surface area (Å²) in [6.07, 6.45) is 2.53. The Morgan fingerprint density at radius 2 is 1.74 bits per heavy atom. The summed E-state index contributed by atoms with van der Waals surface area (Å²) < 4.78 is 11.1.